The highest BCUT2D eigenvalue weighted by Gasteiger charge is 2.32. The molecule has 2 nitrogen and oxygen atoms in total. The standard InChI is InChI=1S/C14H16FNO/c1-3-10(4-2)11-8-17-13-6-9(7-16)5-12(15)14(11)13/h5-6,10-11H,3-4,8H2,1-2H3. The maximum absolute atomic E-state index is 14.0. The van der Waals surface area contributed by atoms with Crippen molar-refractivity contribution in [3.05, 3.63) is 29.1 Å². The summed E-state index contributed by atoms with van der Waals surface area (Å²) < 4.78 is 19.5. The third kappa shape index (κ3) is 2.00. The van der Waals surface area contributed by atoms with Crippen LogP contribution in [0.4, 0.5) is 4.39 Å². The van der Waals surface area contributed by atoms with Crippen LogP contribution in [0, 0.1) is 23.1 Å². The molecule has 0 aromatic heterocycles. The van der Waals surface area contributed by atoms with E-state index in [1.54, 1.807) is 6.07 Å². The number of halogens is 1. The van der Waals surface area contributed by atoms with Crippen LogP contribution in [-0.2, 0) is 0 Å². The molecule has 0 aliphatic carbocycles. The first-order valence-corrected chi connectivity index (χ1v) is 6.07. The zero-order valence-electron chi connectivity index (χ0n) is 10.2. The van der Waals surface area contributed by atoms with Gasteiger partial charge in [-0.25, -0.2) is 4.39 Å². The fourth-order valence-corrected chi connectivity index (χ4v) is 2.63. The summed E-state index contributed by atoms with van der Waals surface area (Å²) in [5.41, 5.74) is 0.990. The maximum Gasteiger partial charge on any atom is 0.131 e. The van der Waals surface area contributed by atoms with Crippen LogP contribution >= 0.6 is 0 Å². The summed E-state index contributed by atoms with van der Waals surface area (Å²) in [5.74, 6) is 0.832. The SMILES string of the molecule is CCC(CC)C1COc2cc(C#N)cc(F)c21. The van der Waals surface area contributed by atoms with Crippen molar-refractivity contribution in [3.63, 3.8) is 0 Å². The predicted octanol–water partition coefficient (Wildman–Crippen LogP) is 3.61. The second-order valence-electron chi connectivity index (χ2n) is 4.48. The van der Waals surface area contributed by atoms with Gasteiger partial charge in [-0.3, -0.25) is 0 Å². The second-order valence-corrected chi connectivity index (χ2v) is 4.48. The molecule has 1 aromatic carbocycles. The molecule has 0 amide bonds. The van der Waals surface area contributed by atoms with E-state index in [2.05, 4.69) is 13.8 Å². The highest BCUT2D eigenvalue weighted by Crippen LogP contribution is 2.42. The second kappa shape index (κ2) is 4.75. The molecule has 0 spiro atoms. The average Bonchev–Trinajstić information content (AvgIpc) is 2.75. The molecule has 0 saturated carbocycles. The molecule has 1 unspecified atom stereocenters. The number of nitriles is 1. The van der Waals surface area contributed by atoms with E-state index in [-0.39, 0.29) is 11.7 Å². The van der Waals surface area contributed by atoms with E-state index < -0.39 is 0 Å². The molecule has 1 aromatic rings. The van der Waals surface area contributed by atoms with Gasteiger partial charge in [0, 0.05) is 11.5 Å². The van der Waals surface area contributed by atoms with Gasteiger partial charge >= 0.3 is 0 Å². The minimum absolute atomic E-state index is 0.132. The Morgan fingerprint density at radius 1 is 1.47 bits per heavy atom. The first-order chi connectivity index (χ1) is 8.21. The van der Waals surface area contributed by atoms with E-state index in [9.17, 15) is 4.39 Å². The first kappa shape index (κ1) is 11.9. The lowest BCUT2D eigenvalue weighted by Gasteiger charge is -2.19. The molecular formula is C14H16FNO. The van der Waals surface area contributed by atoms with E-state index in [4.69, 9.17) is 10.00 Å². The Morgan fingerprint density at radius 2 is 2.18 bits per heavy atom. The third-order valence-electron chi connectivity index (χ3n) is 3.63. The van der Waals surface area contributed by atoms with Gasteiger partial charge in [-0.15, -0.1) is 0 Å². The molecule has 2 rings (SSSR count). The summed E-state index contributed by atoms with van der Waals surface area (Å²) in [6, 6.07) is 4.90. The highest BCUT2D eigenvalue weighted by atomic mass is 19.1. The number of hydrogen-bond acceptors (Lipinski definition) is 2. The molecule has 0 radical (unpaired) electrons. The normalized spacial score (nSPS) is 17.7. The van der Waals surface area contributed by atoms with Gasteiger partial charge in [0.1, 0.15) is 11.6 Å². The lowest BCUT2D eigenvalue weighted by atomic mass is 9.83. The van der Waals surface area contributed by atoms with Gasteiger partial charge in [0.05, 0.1) is 18.2 Å². The Bertz CT molecular complexity index is 460. The summed E-state index contributed by atoms with van der Waals surface area (Å²) >= 11 is 0. The Labute approximate surface area is 101 Å². The fourth-order valence-electron chi connectivity index (χ4n) is 2.63. The number of hydrogen-bond donors (Lipinski definition) is 0. The maximum atomic E-state index is 14.0. The van der Waals surface area contributed by atoms with E-state index in [0.717, 1.165) is 12.8 Å². The molecule has 0 N–H and O–H groups in total. The van der Waals surface area contributed by atoms with Gasteiger partial charge in [-0.05, 0) is 18.1 Å². The van der Waals surface area contributed by atoms with Crippen molar-refractivity contribution in [1.29, 1.82) is 5.26 Å². The lowest BCUT2D eigenvalue weighted by Crippen LogP contribution is -2.13. The summed E-state index contributed by atoms with van der Waals surface area (Å²) in [6.07, 6.45) is 2.03. The van der Waals surface area contributed by atoms with Gasteiger partial charge in [0.15, 0.2) is 0 Å². The summed E-state index contributed by atoms with van der Waals surface area (Å²) in [5, 5.41) is 8.79. The van der Waals surface area contributed by atoms with Gasteiger partial charge < -0.3 is 4.74 Å². The summed E-state index contributed by atoms with van der Waals surface area (Å²) in [7, 11) is 0. The van der Waals surface area contributed by atoms with Crippen LogP contribution < -0.4 is 4.74 Å². The lowest BCUT2D eigenvalue weighted by molar-refractivity contribution is 0.279. The quantitative estimate of drug-likeness (QED) is 0.799. The topological polar surface area (TPSA) is 33.0 Å². The van der Waals surface area contributed by atoms with Crippen LogP contribution in [0.15, 0.2) is 12.1 Å². The number of benzene rings is 1. The first-order valence-electron chi connectivity index (χ1n) is 6.07. The molecule has 1 aliphatic heterocycles. The molecule has 3 heteroatoms. The number of fused-ring (bicyclic) bond motifs is 1. The number of nitrogens with zero attached hydrogens (tertiary/aromatic N) is 1. The Hall–Kier alpha value is -1.56. The number of ether oxygens (including phenoxy) is 1. The largest absolute Gasteiger partial charge is 0.492 e. The molecule has 0 saturated heterocycles. The summed E-state index contributed by atoms with van der Waals surface area (Å²) in [6.45, 7) is 4.77. The van der Waals surface area contributed by atoms with Crippen LogP contribution in [0.5, 0.6) is 5.75 Å². The van der Waals surface area contributed by atoms with Crippen LogP contribution in [0.25, 0.3) is 0 Å². The zero-order valence-corrected chi connectivity index (χ0v) is 10.2. The molecule has 1 atom stereocenters. The average molecular weight is 233 g/mol. The Balaban J connectivity index is 2.42. The monoisotopic (exact) mass is 233 g/mol. The molecular weight excluding hydrogens is 217 g/mol. The van der Waals surface area contributed by atoms with E-state index in [1.165, 1.54) is 6.07 Å². The third-order valence-corrected chi connectivity index (χ3v) is 3.63. The molecule has 1 heterocycles. The van der Waals surface area contributed by atoms with Gasteiger partial charge in [0.25, 0.3) is 0 Å². The van der Waals surface area contributed by atoms with Crippen molar-refractivity contribution in [2.45, 2.75) is 32.6 Å². The fraction of sp³-hybridized carbons (Fsp3) is 0.500. The van der Waals surface area contributed by atoms with E-state index in [1.807, 2.05) is 6.07 Å². The van der Waals surface area contributed by atoms with Crippen molar-refractivity contribution in [3.8, 4) is 11.8 Å². The minimum atomic E-state index is -0.298. The minimum Gasteiger partial charge on any atom is -0.492 e. The Kier molecular flexibility index (Phi) is 3.33. The zero-order chi connectivity index (χ0) is 12.4. The van der Waals surface area contributed by atoms with Crippen molar-refractivity contribution < 1.29 is 9.13 Å². The molecule has 1 aliphatic rings. The molecule has 0 fully saturated rings. The number of rotatable bonds is 3. The summed E-state index contributed by atoms with van der Waals surface area (Å²) in [4.78, 5) is 0. The smallest absolute Gasteiger partial charge is 0.131 e. The predicted molar refractivity (Wildman–Crippen MR) is 63.4 cm³/mol. The van der Waals surface area contributed by atoms with Crippen LogP contribution in [-0.4, -0.2) is 6.61 Å². The molecule has 17 heavy (non-hydrogen) atoms. The van der Waals surface area contributed by atoms with Gasteiger partial charge in [0.2, 0.25) is 0 Å². The van der Waals surface area contributed by atoms with Crippen LogP contribution in [0.2, 0.25) is 0 Å². The van der Waals surface area contributed by atoms with Crippen molar-refractivity contribution in [2.75, 3.05) is 6.61 Å². The van der Waals surface area contributed by atoms with Gasteiger partial charge in [-0.2, -0.15) is 5.26 Å². The highest BCUT2D eigenvalue weighted by molar-refractivity contribution is 5.47. The Morgan fingerprint density at radius 3 is 2.76 bits per heavy atom. The van der Waals surface area contributed by atoms with E-state index in [0.29, 0.717) is 29.4 Å². The molecule has 0 bridgehead atoms. The molecule has 90 valence electrons. The van der Waals surface area contributed by atoms with E-state index >= 15 is 0 Å². The van der Waals surface area contributed by atoms with Crippen molar-refractivity contribution >= 4 is 0 Å². The van der Waals surface area contributed by atoms with Crippen molar-refractivity contribution in [1.82, 2.24) is 0 Å². The van der Waals surface area contributed by atoms with Gasteiger partial charge in [-0.1, -0.05) is 26.7 Å². The van der Waals surface area contributed by atoms with Crippen molar-refractivity contribution in [2.24, 2.45) is 5.92 Å². The van der Waals surface area contributed by atoms with Crippen LogP contribution in [0.3, 0.4) is 0 Å². The van der Waals surface area contributed by atoms with Crippen LogP contribution in [0.1, 0.15) is 43.7 Å².